The Morgan fingerprint density at radius 3 is 2.44 bits per heavy atom. The van der Waals surface area contributed by atoms with Crippen LogP contribution >= 0.6 is 0 Å². The summed E-state index contributed by atoms with van der Waals surface area (Å²) in [6.07, 6.45) is -2.91. The number of rotatable bonds is 11. The first-order chi connectivity index (χ1) is 19.4. The summed E-state index contributed by atoms with van der Waals surface area (Å²) in [5.74, 6) is 0.535. The van der Waals surface area contributed by atoms with Gasteiger partial charge in [0.15, 0.2) is 0 Å². The molecule has 1 aromatic heterocycles. The molecular formula is C28H26F3N5O4S. The summed E-state index contributed by atoms with van der Waals surface area (Å²) in [5, 5.41) is 3.07. The van der Waals surface area contributed by atoms with Crippen LogP contribution < -0.4 is 19.7 Å². The zero-order valence-corrected chi connectivity index (χ0v) is 22.8. The first-order valence-electron chi connectivity index (χ1n) is 12.2. The van der Waals surface area contributed by atoms with Crippen molar-refractivity contribution in [2.24, 2.45) is 0 Å². The number of benzene rings is 3. The number of hydrogen-bond acceptors (Lipinski definition) is 7. The Morgan fingerprint density at radius 2 is 1.76 bits per heavy atom. The molecule has 0 aliphatic carbocycles. The molecule has 0 aliphatic heterocycles. The molecule has 3 aromatic carbocycles. The van der Waals surface area contributed by atoms with E-state index in [-0.39, 0.29) is 24.4 Å². The largest absolute Gasteiger partial charge is 0.573 e. The number of aromatic nitrogens is 2. The molecule has 1 unspecified atom stereocenters. The van der Waals surface area contributed by atoms with Gasteiger partial charge in [-0.25, -0.2) is 9.19 Å². The van der Waals surface area contributed by atoms with Gasteiger partial charge in [0.2, 0.25) is 5.95 Å². The Hall–Kier alpha value is -4.49. The third-order valence-corrected chi connectivity index (χ3v) is 6.38. The number of halogens is 3. The highest BCUT2D eigenvalue weighted by Gasteiger charge is 2.31. The molecular weight excluding hydrogens is 559 g/mol. The van der Waals surface area contributed by atoms with Crippen molar-refractivity contribution in [1.82, 2.24) is 9.97 Å². The van der Waals surface area contributed by atoms with Gasteiger partial charge in [0.25, 0.3) is 11.3 Å². The lowest BCUT2D eigenvalue weighted by Gasteiger charge is -2.19. The predicted octanol–water partition coefficient (Wildman–Crippen LogP) is 6.10. The molecule has 0 aliphatic rings. The van der Waals surface area contributed by atoms with Crippen molar-refractivity contribution in [2.75, 3.05) is 22.0 Å². The van der Waals surface area contributed by atoms with Crippen molar-refractivity contribution >= 4 is 45.9 Å². The summed E-state index contributed by atoms with van der Waals surface area (Å²) < 4.78 is 63.7. The van der Waals surface area contributed by atoms with Gasteiger partial charge in [-0.15, -0.1) is 13.2 Å². The number of nitrogens with zero attached hydrogens (tertiary/aromatic N) is 3. The minimum atomic E-state index is -4.77. The van der Waals surface area contributed by atoms with Gasteiger partial charge < -0.3 is 15.0 Å². The highest BCUT2D eigenvalue weighted by molar-refractivity contribution is 7.80. The Bertz CT molecular complexity index is 1550. The molecule has 0 radical (unpaired) electrons. The lowest BCUT2D eigenvalue weighted by molar-refractivity contribution is -0.274. The predicted molar refractivity (Wildman–Crippen MR) is 151 cm³/mol. The molecule has 1 heterocycles. The van der Waals surface area contributed by atoms with Crippen LogP contribution in [-0.2, 0) is 28.9 Å². The minimum Gasteiger partial charge on any atom is -0.406 e. The smallest absolute Gasteiger partial charge is 0.406 e. The second-order valence-corrected chi connectivity index (χ2v) is 9.75. The molecule has 13 heteroatoms. The van der Waals surface area contributed by atoms with Crippen LogP contribution in [0.2, 0.25) is 0 Å². The highest BCUT2D eigenvalue weighted by Crippen LogP contribution is 2.27. The SMILES string of the molecule is Cc1cc(OC(F)(F)F)ccc1CC(=O)Cc1ccc(N(C)c2ccnc(Nc3cccc(NS(=O)O)c3)n2)cc1. The summed E-state index contributed by atoms with van der Waals surface area (Å²) in [4.78, 5) is 23.3. The number of ketones is 1. The van der Waals surface area contributed by atoms with Gasteiger partial charge in [-0.2, -0.15) is 4.98 Å². The quantitative estimate of drug-likeness (QED) is 0.181. The number of aryl methyl sites for hydroxylation is 1. The van der Waals surface area contributed by atoms with Gasteiger partial charge in [0, 0.05) is 37.5 Å². The maximum atomic E-state index is 12.7. The number of anilines is 5. The Balaban J connectivity index is 1.37. The van der Waals surface area contributed by atoms with Crippen LogP contribution in [0.3, 0.4) is 0 Å². The monoisotopic (exact) mass is 585 g/mol. The minimum absolute atomic E-state index is 0.0743. The van der Waals surface area contributed by atoms with Gasteiger partial charge in [-0.3, -0.25) is 14.1 Å². The van der Waals surface area contributed by atoms with E-state index in [1.54, 1.807) is 43.5 Å². The number of hydrogen-bond donors (Lipinski definition) is 3. The van der Waals surface area contributed by atoms with Crippen LogP contribution in [0.15, 0.2) is 79.0 Å². The molecule has 4 aromatic rings. The Morgan fingerprint density at radius 1 is 1.02 bits per heavy atom. The third-order valence-electron chi connectivity index (χ3n) is 5.97. The topological polar surface area (TPSA) is 117 Å². The summed E-state index contributed by atoms with van der Waals surface area (Å²) in [6.45, 7) is 1.64. The number of ether oxygens (including phenoxy) is 1. The second-order valence-electron chi connectivity index (χ2n) is 9.05. The van der Waals surface area contributed by atoms with Crippen molar-refractivity contribution in [1.29, 1.82) is 0 Å². The molecule has 0 amide bonds. The highest BCUT2D eigenvalue weighted by atomic mass is 32.2. The van der Waals surface area contributed by atoms with E-state index >= 15 is 0 Å². The molecule has 1 atom stereocenters. The number of alkyl halides is 3. The molecule has 0 saturated carbocycles. The first-order valence-corrected chi connectivity index (χ1v) is 13.3. The first kappa shape index (κ1) is 29.5. The van der Waals surface area contributed by atoms with Crippen molar-refractivity contribution in [2.45, 2.75) is 26.1 Å². The maximum absolute atomic E-state index is 12.7. The fraction of sp³-hybridized carbons (Fsp3) is 0.179. The van der Waals surface area contributed by atoms with Crippen molar-refractivity contribution in [3.8, 4) is 5.75 Å². The van der Waals surface area contributed by atoms with E-state index in [9.17, 15) is 22.2 Å². The van der Waals surface area contributed by atoms with Crippen LogP contribution in [0.25, 0.3) is 0 Å². The van der Waals surface area contributed by atoms with Gasteiger partial charge >= 0.3 is 6.36 Å². The number of carbonyl (C=O) groups is 1. The third kappa shape index (κ3) is 8.75. The Kier molecular flexibility index (Phi) is 9.20. The van der Waals surface area contributed by atoms with E-state index in [4.69, 9.17) is 4.55 Å². The zero-order chi connectivity index (χ0) is 29.6. The van der Waals surface area contributed by atoms with Crippen molar-refractivity contribution in [3.05, 3.63) is 95.7 Å². The van der Waals surface area contributed by atoms with Gasteiger partial charge in [0.1, 0.15) is 17.4 Å². The molecule has 0 spiro atoms. The number of carbonyl (C=O) groups excluding carboxylic acids is 1. The molecule has 0 bridgehead atoms. The molecule has 9 nitrogen and oxygen atoms in total. The van der Waals surface area contributed by atoms with Crippen molar-refractivity contribution in [3.63, 3.8) is 0 Å². The summed E-state index contributed by atoms with van der Waals surface area (Å²) in [6, 6.07) is 19.8. The number of Topliss-reactive ketones (excluding diaryl/α,β-unsaturated/α-hetero) is 1. The second kappa shape index (κ2) is 12.8. The van der Waals surface area contributed by atoms with Crippen LogP contribution in [0.1, 0.15) is 16.7 Å². The Labute approximate surface area is 236 Å². The molecule has 0 fully saturated rings. The molecule has 41 heavy (non-hydrogen) atoms. The van der Waals surface area contributed by atoms with E-state index in [0.717, 1.165) is 11.3 Å². The van der Waals surface area contributed by atoms with Crippen LogP contribution in [-0.4, -0.2) is 37.9 Å². The van der Waals surface area contributed by atoms with E-state index in [2.05, 4.69) is 24.7 Å². The fourth-order valence-electron chi connectivity index (χ4n) is 4.02. The zero-order valence-electron chi connectivity index (χ0n) is 22.0. The average Bonchev–Trinajstić information content (AvgIpc) is 2.89. The van der Waals surface area contributed by atoms with Crippen LogP contribution in [0.4, 0.5) is 42.0 Å². The molecule has 0 saturated heterocycles. The van der Waals surface area contributed by atoms with Crippen LogP contribution in [0, 0.1) is 6.92 Å². The molecule has 214 valence electrons. The van der Waals surface area contributed by atoms with Gasteiger partial charge in [-0.05, 0) is 72.1 Å². The van der Waals surface area contributed by atoms with Crippen LogP contribution in [0.5, 0.6) is 5.75 Å². The standard InChI is InChI=1S/C28H26F3N5O4S/c1-18-14-25(40-28(29,30)31)11-8-20(18)16-24(37)15-19-6-9-23(10-7-19)36(2)26-12-13-32-27(34-26)33-21-4-3-5-22(17-21)35-41(38)39/h3-14,17,35H,15-16H2,1-2H3,(H,38,39)(H,32,33,34). The lowest BCUT2D eigenvalue weighted by Crippen LogP contribution is -2.17. The molecule has 4 rings (SSSR count). The van der Waals surface area contributed by atoms with Gasteiger partial charge in [0.05, 0.1) is 5.69 Å². The van der Waals surface area contributed by atoms with E-state index in [1.165, 1.54) is 18.2 Å². The average molecular weight is 586 g/mol. The van der Waals surface area contributed by atoms with Gasteiger partial charge in [-0.1, -0.05) is 24.3 Å². The summed E-state index contributed by atoms with van der Waals surface area (Å²) in [7, 11) is 1.84. The normalized spacial score (nSPS) is 12.0. The summed E-state index contributed by atoms with van der Waals surface area (Å²) >= 11 is -2.19. The van der Waals surface area contributed by atoms with E-state index in [1.807, 2.05) is 36.2 Å². The molecule has 3 N–H and O–H groups in total. The van der Waals surface area contributed by atoms with E-state index in [0.29, 0.717) is 34.3 Å². The maximum Gasteiger partial charge on any atom is 0.573 e. The number of nitrogens with one attached hydrogen (secondary N) is 2. The summed E-state index contributed by atoms with van der Waals surface area (Å²) in [5.41, 5.74) is 3.87. The van der Waals surface area contributed by atoms with Crippen molar-refractivity contribution < 1.29 is 31.5 Å². The fourth-order valence-corrected chi connectivity index (χ4v) is 4.35. The lowest BCUT2D eigenvalue weighted by atomic mass is 9.99. The van der Waals surface area contributed by atoms with E-state index < -0.39 is 17.6 Å².